The van der Waals surface area contributed by atoms with Gasteiger partial charge < -0.3 is 15.7 Å². The van der Waals surface area contributed by atoms with E-state index in [0.29, 0.717) is 19.0 Å². The summed E-state index contributed by atoms with van der Waals surface area (Å²) in [5.74, 6) is 0.0447. The maximum atomic E-state index is 11.3. The molecule has 1 rings (SSSR count). The van der Waals surface area contributed by atoms with E-state index >= 15 is 0 Å². The van der Waals surface area contributed by atoms with Crippen LogP contribution in [-0.2, 0) is 4.79 Å². The van der Waals surface area contributed by atoms with Crippen molar-refractivity contribution in [3.05, 3.63) is 0 Å². The summed E-state index contributed by atoms with van der Waals surface area (Å²) in [7, 11) is 0. The molecule has 4 nitrogen and oxygen atoms in total. The number of piperidine rings is 1. The Morgan fingerprint density at radius 1 is 1.60 bits per heavy atom. The molecule has 1 heterocycles. The number of carbonyl (C=O) groups excluding carboxylic acids is 1. The van der Waals surface area contributed by atoms with Gasteiger partial charge in [-0.15, -0.1) is 0 Å². The van der Waals surface area contributed by atoms with Crippen LogP contribution in [0.2, 0.25) is 0 Å². The molecule has 1 aliphatic heterocycles. The second-order valence-electron chi connectivity index (χ2n) is 4.34. The lowest BCUT2D eigenvalue weighted by molar-refractivity contribution is -0.121. The van der Waals surface area contributed by atoms with Crippen molar-refractivity contribution in [3.63, 3.8) is 0 Å². The van der Waals surface area contributed by atoms with Crippen molar-refractivity contribution in [1.82, 2.24) is 10.6 Å². The molecule has 2 atom stereocenters. The van der Waals surface area contributed by atoms with E-state index in [0.717, 1.165) is 13.0 Å². The minimum atomic E-state index is -0.457. The third-order valence-electron chi connectivity index (χ3n) is 2.73. The van der Waals surface area contributed by atoms with E-state index in [9.17, 15) is 4.79 Å². The van der Waals surface area contributed by atoms with E-state index < -0.39 is 6.10 Å². The molecule has 0 aromatic heterocycles. The Morgan fingerprint density at radius 2 is 2.40 bits per heavy atom. The molecule has 1 aliphatic rings. The first-order valence-corrected chi connectivity index (χ1v) is 5.86. The summed E-state index contributed by atoms with van der Waals surface area (Å²) in [5, 5.41) is 15.1. The van der Waals surface area contributed by atoms with Crippen molar-refractivity contribution >= 4 is 5.91 Å². The third-order valence-corrected chi connectivity index (χ3v) is 2.73. The molecule has 88 valence electrons. The second kappa shape index (κ2) is 6.80. The molecule has 0 aromatic rings. The third kappa shape index (κ3) is 5.74. The largest absolute Gasteiger partial charge is 0.392 e. The van der Waals surface area contributed by atoms with Crippen LogP contribution in [0.3, 0.4) is 0 Å². The van der Waals surface area contributed by atoms with Crippen LogP contribution in [0, 0.1) is 0 Å². The number of amides is 1. The minimum Gasteiger partial charge on any atom is -0.392 e. The molecule has 1 amide bonds. The Labute approximate surface area is 91.4 Å². The highest BCUT2D eigenvalue weighted by molar-refractivity contribution is 5.75. The zero-order chi connectivity index (χ0) is 11.1. The zero-order valence-corrected chi connectivity index (χ0v) is 9.46. The quantitative estimate of drug-likeness (QED) is 0.621. The Morgan fingerprint density at radius 3 is 3.00 bits per heavy atom. The van der Waals surface area contributed by atoms with Crippen LogP contribution in [0.25, 0.3) is 0 Å². The van der Waals surface area contributed by atoms with Gasteiger partial charge in [0.05, 0.1) is 6.10 Å². The molecular formula is C11H22N2O2. The van der Waals surface area contributed by atoms with Crippen LogP contribution in [0.5, 0.6) is 0 Å². The van der Waals surface area contributed by atoms with Gasteiger partial charge in [0.2, 0.25) is 5.91 Å². The van der Waals surface area contributed by atoms with Crippen molar-refractivity contribution in [2.24, 2.45) is 0 Å². The van der Waals surface area contributed by atoms with E-state index in [1.54, 1.807) is 6.92 Å². The summed E-state index contributed by atoms with van der Waals surface area (Å²) in [5.41, 5.74) is 0. The number of aliphatic hydroxyl groups is 1. The van der Waals surface area contributed by atoms with Crippen molar-refractivity contribution in [2.45, 2.75) is 51.2 Å². The monoisotopic (exact) mass is 214 g/mol. The van der Waals surface area contributed by atoms with Gasteiger partial charge in [0.25, 0.3) is 0 Å². The maximum absolute atomic E-state index is 11.3. The Hall–Kier alpha value is -0.610. The van der Waals surface area contributed by atoms with Gasteiger partial charge in [-0.25, -0.2) is 0 Å². The highest BCUT2D eigenvalue weighted by Crippen LogP contribution is 2.11. The molecule has 3 N–H and O–H groups in total. The average Bonchev–Trinajstić information content (AvgIpc) is 2.25. The van der Waals surface area contributed by atoms with Crippen LogP contribution in [0.1, 0.15) is 39.0 Å². The van der Waals surface area contributed by atoms with Gasteiger partial charge in [-0.1, -0.05) is 6.42 Å². The number of aliphatic hydroxyl groups excluding tert-OH is 1. The first kappa shape index (κ1) is 12.5. The fourth-order valence-corrected chi connectivity index (χ4v) is 1.83. The first-order chi connectivity index (χ1) is 7.18. The lowest BCUT2D eigenvalue weighted by atomic mass is 10.0. The molecule has 0 bridgehead atoms. The normalized spacial score (nSPS) is 23.5. The van der Waals surface area contributed by atoms with E-state index in [4.69, 9.17) is 5.11 Å². The lowest BCUT2D eigenvalue weighted by Crippen LogP contribution is -2.36. The van der Waals surface area contributed by atoms with E-state index in [-0.39, 0.29) is 5.91 Å². The topological polar surface area (TPSA) is 61.4 Å². The van der Waals surface area contributed by atoms with Gasteiger partial charge in [0.1, 0.15) is 0 Å². The number of rotatable bonds is 5. The molecule has 1 unspecified atom stereocenters. The van der Waals surface area contributed by atoms with Crippen LogP contribution in [-0.4, -0.2) is 36.2 Å². The fraction of sp³-hybridized carbons (Fsp3) is 0.909. The number of nitrogens with one attached hydrogen (secondary N) is 2. The zero-order valence-electron chi connectivity index (χ0n) is 9.46. The molecule has 0 aliphatic carbocycles. The van der Waals surface area contributed by atoms with Crippen LogP contribution >= 0.6 is 0 Å². The molecule has 1 fully saturated rings. The Kier molecular flexibility index (Phi) is 5.65. The van der Waals surface area contributed by atoms with E-state index in [1.165, 1.54) is 19.3 Å². The summed E-state index contributed by atoms with van der Waals surface area (Å²) in [4.78, 5) is 11.3. The second-order valence-corrected chi connectivity index (χ2v) is 4.34. The van der Waals surface area contributed by atoms with Crippen molar-refractivity contribution in [3.8, 4) is 0 Å². The number of carbonyl (C=O) groups is 1. The van der Waals surface area contributed by atoms with Crippen molar-refractivity contribution in [1.29, 1.82) is 0 Å². The number of hydrogen-bond acceptors (Lipinski definition) is 3. The first-order valence-electron chi connectivity index (χ1n) is 5.86. The Bertz CT molecular complexity index is 189. The number of hydrogen-bond donors (Lipinski definition) is 3. The summed E-state index contributed by atoms with van der Waals surface area (Å²) in [6, 6.07) is 0.510. The fourth-order valence-electron chi connectivity index (χ4n) is 1.83. The van der Waals surface area contributed by atoms with Gasteiger partial charge in [-0.3, -0.25) is 4.79 Å². The predicted molar refractivity (Wildman–Crippen MR) is 59.6 cm³/mol. The van der Waals surface area contributed by atoms with Crippen molar-refractivity contribution in [2.75, 3.05) is 13.1 Å². The van der Waals surface area contributed by atoms with Gasteiger partial charge in [-0.2, -0.15) is 0 Å². The average molecular weight is 214 g/mol. The lowest BCUT2D eigenvalue weighted by Gasteiger charge is -2.23. The minimum absolute atomic E-state index is 0.0447. The predicted octanol–water partition coefficient (Wildman–Crippen LogP) is 0.406. The SMILES string of the molecule is C[C@H](O)CNC(=O)CCC1CCCCN1. The van der Waals surface area contributed by atoms with Crippen LogP contribution in [0.4, 0.5) is 0 Å². The van der Waals surface area contributed by atoms with Crippen LogP contribution in [0.15, 0.2) is 0 Å². The summed E-state index contributed by atoms with van der Waals surface area (Å²) in [6.45, 7) is 3.11. The van der Waals surface area contributed by atoms with Gasteiger partial charge in [0, 0.05) is 19.0 Å². The standard InChI is InChI=1S/C11H22N2O2/c1-9(14)8-13-11(15)6-5-10-4-2-3-7-12-10/h9-10,12,14H,2-8H2,1H3,(H,13,15)/t9-,10?/m0/s1. The maximum Gasteiger partial charge on any atom is 0.220 e. The molecule has 4 heteroatoms. The Balaban J connectivity index is 2.05. The molecule has 0 saturated carbocycles. The molecule has 0 aromatic carbocycles. The summed E-state index contributed by atoms with van der Waals surface area (Å²) < 4.78 is 0. The highest BCUT2D eigenvalue weighted by Gasteiger charge is 2.13. The van der Waals surface area contributed by atoms with Crippen molar-refractivity contribution < 1.29 is 9.90 Å². The molecule has 15 heavy (non-hydrogen) atoms. The molecule has 0 spiro atoms. The summed E-state index contributed by atoms with van der Waals surface area (Å²) >= 11 is 0. The van der Waals surface area contributed by atoms with Crippen LogP contribution < -0.4 is 10.6 Å². The summed E-state index contributed by atoms with van der Waals surface area (Å²) in [6.07, 6.45) is 4.72. The van der Waals surface area contributed by atoms with Gasteiger partial charge >= 0.3 is 0 Å². The van der Waals surface area contributed by atoms with Gasteiger partial charge in [0.15, 0.2) is 0 Å². The van der Waals surface area contributed by atoms with Gasteiger partial charge in [-0.05, 0) is 32.7 Å². The molecule has 1 saturated heterocycles. The highest BCUT2D eigenvalue weighted by atomic mass is 16.3. The smallest absolute Gasteiger partial charge is 0.220 e. The van der Waals surface area contributed by atoms with E-state index in [2.05, 4.69) is 10.6 Å². The molecular weight excluding hydrogens is 192 g/mol. The van der Waals surface area contributed by atoms with E-state index in [1.807, 2.05) is 0 Å². The molecule has 0 radical (unpaired) electrons.